The summed E-state index contributed by atoms with van der Waals surface area (Å²) in [7, 11) is 0. The van der Waals surface area contributed by atoms with Crippen LogP contribution in [0.3, 0.4) is 0 Å². The van der Waals surface area contributed by atoms with Crippen LogP contribution < -0.4 is 5.73 Å². The van der Waals surface area contributed by atoms with Crippen molar-refractivity contribution in [2.24, 2.45) is 23.0 Å². The summed E-state index contributed by atoms with van der Waals surface area (Å²) in [4.78, 5) is 10.7. The molecular formula is C12H23NO2. The molecule has 3 N–H and O–H groups in total. The second-order valence-corrected chi connectivity index (χ2v) is 5.61. The standard InChI is InChI=1S/C12H23NO2/c1-12(2)5-3-4-9(7-12)10(8-13)6-11(14)15/h9-10H,3-8,13H2,1-2H3,(H,14,15). The van der Waals surface area contributed by atoms with Gasteiger partial charge in [-0.05, 0) is 36.6 Å². The molecule has 0 saturated heterocycles. The molecule has 0 heterocycles. The predicted octanol–water partition coefficient (Wildman–Crippen LogP) is 2.25. The van der Waals surface area contributed by atoms with Gasteiger partial charge in [-0.1, -0.05) is 26.7 Å². The first-order chi connectivity index (χ1) is 6.94. The Morgan fingerprint density at radius 2 is 2.27 bits per heavy atom. The summed E-state index contributed by atoms with van der Waals surface area (Å²) in [6.45, 7) is 5.05. The SMILES string of the molecule is CC1(C)CCCC(C(CN)CC(=O)O)C1. The number of carbonyl (C=O) groups is 1. The van der Waals surface area contributed by atoms with E-state index in [0.717, 1.165) is 12.8 Å². The van der Waals surface area contributed by atoms with Crippen LogP contribution in [-0.4, -0.2) is 17.6 Å². The molecule has 2 atom stereocenters. The average Bonchev–Trinajstić information content (AvgIpc) is 2.12. The van der Waals surface area contributed by atoms with Gasteiger partial charge in [-0.25, -0.2) is 0 Å². The molecule has 0 amide bonds. The number of aliphatic carboxylic acids is 1. The van der Waals surface area contributed by atoms with Gasteiger partial charge >= 0.3 is 5.97 Å². The minimum absolute atomic E-state index is 0.169. The van der Waals surface area contributed by atoms with Gasteiger partial charge in [0.15, 0.2) is 0 Å². The molecule has 1 aliphatic rings. The van der Waals surface area contributed by atoms with Gasteiger partial charge in [0.05, 0.1) is 0 Å². The lowest BCUT2D eigenvalue weighted by molar-refractivity contribution is -0.138. The highest BCUT2D eigenvalue weighted by atomic mass is 16.4. The number of hydrogen-bond acceptors (Lipinski definition) is 2. The third-order valence-electron chi connectivity index (χ3n) is 3.65. The smallest absolute Gasteiger partial charge is 0.303 e. The van der Waals surface area contributed by atoms with E-state index in [9.17, 15) is 4.79 Å². The van der Waals surface area contributed by atoms with Crippen LogP contribution in [0.15, 0.2) is 0 Å². The number of rotatable bonds is 4. The maximum Gasteiger partial charge on any atom is 0.303 e. The molecule has 88 valence electrons. The molecule has 3 heteroatoms. The van der Waals surface area contributed by atoms with Crippen molar-refractivity contribution in [3.8, 4) is 0 Å². The Balaban J connectivity index is 2.56. The van der Waals surface area contributed by atoms with Gasteiger partial charge in [0, 0.05) is 6.42 Å². The summed E-state index contributed by atoms with van der Waals surface area (Å²) >= 11 is 0. The zero-order valence-corrected chi connectivity index (χ0v) is 9.83. The monoisotopic (exact) mass is 213 g/mol. The fraction of sp³-hybridized carbons (Fsp3) is 0.917. The van der Waals surface area contributed by atoms with Crippen molar-refractivity contribution in [2.75, 3.05) is 6.54 Å². The number of carboxylic acids is 1. The Hall–Kier alpha value is -0.570. The highest BCUT2D eigenvalue weighted by molar-refractivity contribution is 5.67. The van der Waals surface area contributed by atoms with Gasteiger partial charge in [-0.15, -0.1) is 0 Å². The molecule has 1 saturated carbocycles. The predicted molar refractivity (Wildman–Crippen MR) is 60.5 cm³/mol. The van der Waals surface area contributed by atoms with Crippen LogP contribution in [0.1, 0.15) is 46.0 Å². The molecule has 1 rings (SSSR count). The normalized spacial score (nSPS) is 27.3. The average molecular weight is 213 g/mol. The Kier molecular flexibility index (Phi) is 4.14. The number of nitrogens with two attached hydrogens (primary N) is 1. The van der Waals surface area contributed by atoms with E-state index in [1.54, 1.807) is 0 Å². The third-order valence-corrected chi connectivity index (χ3v) is 3.65. The van der Waals surface area contributed by atoms with Crippen LogP contribution in [0.5, 0.6) is 0 Å². The fourth-order valence-corrected chi connectivity index (χ4v) is 2.83. The van der Waals surface area contributed by atoms with Gasteiger partial charge < -0.3 is 10.8 Å². The first kappa shape index (κ1) is 12.5. The van der Waals surface area contributed by atoms with Crippen molar-refractivity contribution in [3.05, 3.63) is 0 Å². The van der Waals surface area contributed by atoms with E-state index in [1.807, 2.05) is 0 Å². The van der Waals surface area contributed by atoms with E-state index in [0.29, 0.717) is 17.9 Å². The first-order valence-electron chi connectivity index (χ1n) is 5.86. The molecule has 15 heavy (non-hydrogen) atoms. The van der Waals surface area contributed by atoms with Crippen molar-refractivity contribution < 1.29 is 9.90 Å². The lowest BCUT2D eigenvalue weighted by atomic mass is 9.67. The summed E-state index contributed by atoms with van der Waals surface area (Å²) in [5.41, 5.74) is 6.05. The van der Waals surface area contributed by atoms with Gasteiger partial charge in [0.1, 0.15) is 0 Å². The lowest BCUT2D eigenvalue weighted by Crippen LogP contribution is -2.32. The van der Waals surface area contributed by atoms with Crippen molar-refractivity contribution in [1.82, 2.24) is 0 Å². The summed E-state index contributed by atoms with van der Waals surface area (Å²) in [6.07, 6.45) is 4.99. The molecule has 0 spiro atoms. The Labute approximate surface area is 92.0 Å². The van der Waals surface area contributed by atoms with Crippen LogP contribution in [0, 0.1) is 17.3 Å². The summed E-state index contributed by atoms with van der Waals surface area (Å²) < 4.78 is 0. The maximum atomic E-state index is 10.7. The molecule has 3 nitrogen and oxygen atoms in total. The molecule has 0 bridgehead atoms. The first-order valence-corrected chi connectivity index (χ1v) is 5.86. The molecular weight excluding hydrogens is 190 g/mol. The fourth-order valence-electron chi connectivity index (χ4n) is 2.83. The van der Waals surface area contributed by atoms with Crippen molar-refractivity contribution in [3.63, 3.8) is 0 Å². The van der Waals surface area contributed by atoms with Crippen molar-refractivity contribution in [2.45, 2.75) is 46.0 Å². The summed E-state index contributed by atoms with van der Waals surface area (Å²) in [5.74, 6) is -0.0363. The number of carboxylic acid groups (broad SMARTS) is 1. The van der Waals surface area contributed by atoms with Gasteiger partial charge in [0.2, 0.25) is 0 Å². The molecule has 1 aliphatic carbocycles. The highest BCUT2D eigenvalue weighted by Crippen LogP contribution is 2.42. The van der Waals surface area contributed by atoms with E-state index in [1.165, 1.54) is 12.8 Å². The summed E-state index contributed by atoms with van der Waals surface area (Å²) in [5, 5.41) is 8.82. The highest BCUT2D eigenvalue weighted by Gasteiger charge is 2.32. The largest absolute Gasteiger partial charge is 0.481 e. The maximum absolute atomic E-state index is 10.7. The Bertz CT molecular complexity index is 226. The van der Waals surface area contributed by atoms with E-state index >= 15 is 0 Å². The lowest BCUT2D eigenvalue weighted by Gasteiger charge is -2.38. The molecule has 0 aromatic rings. The van der Waals surface area contributed by atoms with Crippen LogP contribution in [0.25, 0.3) is 0 Å². The van der Waals surface area contributed by atoms with Crippen LogP contribution in [0.2, 0.25) is 0 Å². The molecule has 0 aromatic heterocycles. The van der Waals surface area contributed by atoms with Crippen molar-refractivity contribution >= 4 is 5.97 Å². The van der Waals surface area contributed by atoms with Crippen molar-refractivity contribution in [1.29, 1.82) is 0 Å². The van der Waals surface area contributed by atoms with E-state index in [-0.39, 0.29) is 12.3 Å². The minimum atomic E-state index is -0.714. The molecule has 1 fully saturated rings. The minimum Gasteiger partial charge on any atom is -0.481 e. The van der Waals surface area contributed by atoms with E-state index in [4.69, 9.17) is 10.8 Å². The van der Waals surface area contributed by atoms with Gasteiger partial charge in [0.25, 0.3) is 0 Å². The van der Waals surface area contributed by atoms with Gasteiger partial charge in [-0.2, -0.15) is 0 Å². The van der Waals surface area contributed by atoms with Crippen LogP contribution in [0.4, 0.5) is 0 Å². The quantitative estimate of drug-likeness (QED) is 0.753. The van der Waals surface area contributed by atoms with Crippen LogP contribution in [-0.2, 0) is 4.79 Å². The van der Waals surface area contributed by atoms with E-state index in [2.05, 4.69) is 13.8 Å². The zero-order valence-electron chi connectivity index (χ0n) is 9.83. The van der Waals surface area contributed by atoms with E-state index < -0.39 is 5.97 Å². The third kappa shape index (κ3) is 3.82. The number of hydrogen-bond donors (Lipinski definition) is 2. The Morgan fingerprint density at radius 3 is 2.73 bits per heavy atom. The summed E-state index contributed by atoms with van der Waals surface area (Å²) in [6, 6.07) is 0. The zero-order chi connectivity index (χ0) is 11.5. The second-order valence-electron chi connectivity index (χ2n) is 5.61. The molecule has 0 aromatic carbocycles. The molecule has 0 aliphatic heterocycles. The second kappa shape index (κ2) is 4.97. The molecule has 0 radical (unpaired) electrons. The Morgan fingerprint density at radius 1 is 1.60 bits per heavy atom. The molecule has 2 unspecified atom stereocenters. The van der Waals surface area contributed by atoms with Gasteiger partial charge in [-0.3, -0.25) is 4.79 Å². The van der Waals surface area contributed by atoms with Crippen LogP contribution >= 0.6 is 0 Å². The topological polar surface area (TPSA) is 63.3 Å².